The van der Waals surface area contributed by atoms with Gasteiger partial charge in [0.15, 0.2) is 0 Å². The summed E-state index contributed by atoms with van der Waals surface area (Å²) in [7, 11) is 0. The SMILES string of the molecule is C=C1CC[C@@H](C(=C)C)[C@H](c2c(O)cc(CCCCC)cc2O)C1O. The van der Waals surface area contributed by atoms with Crippen molar-refractivity contribution in [1.82, 2.24) is 0 Å². The maximum absolute atomic E-state index is 10.6. The zero-order chi connectivity index (χ0) is 17.9. The normalized spacial score (nSPS) is 24.1. The van der Waals surface area contributed by atoms with Crippen LogP contribution in [0, 0.1) is 5.92 Å². The number of hydrogen-bond acceptors (Lipinski definition) is 3. The lowest BCUT2D eigenvalue weighted by molar-refractivity contribution is 0.127. The van der Waals surface area contributed by atoms with Crippen molar-refractivity contribution in [1.29, 1.82) is 0 Å². The van der Waals surface area contributed by atoms with Crippen molar-refractivity contribution >= 4 is 0 Å². The molecule has 1 aliphatic rings. The zero-order valence-corrected chi connectivity index (χ0v) is 14.9. The molecule has 1 unspecified atom stereocenters. The molecule has 0 radical (unpaired) electrons. The lowest BCUT2D eigenvalue weighted by Gasteiger charge is -2.38. The van der Waals surface area contributed by atoms with Crippen LogP contribution in [-0.2, 0) is 6.42 Å². The van der Waals surface area contributed by atoms with E-state index in [2.05, 4.69) is 20.1 Å². The Morgan fingerprint density at radius 2 is 1.83 bits per heavy atom. The highest BCUT2D eigenvalue weighted by molar-refractivity contribution is 5.51. The van der Waals surface area contributed by atoms with E-state index in [1.54, 1.807) is 12.1 Å². The van der Waals surface area contributed by atoms with Gasteiger partial charge in [0.2, 0.25) is 0 Å². The zero-order valence-electron chi connectivity index (χ0n) is 14.9. The molecule has 0 heterocycles. The molecule has 1 fully saturated rings. The van der Waals surface area contributed by atoms with Crippen LogP contribution in [0.25, 0.3) is 0 Å². The van der Waals surface area contributed by atoms with Crippen molar-refractivity contribution in [2.24, 2.45) is 5.92 Å². The highest BCUT2D eigenvalue weighted by Crippen LogP contribution is 2.48. The summed E-state index contributed by atoms with van der Waals surface area (Å²) in [4.78, 5) is 0. The average Bonchev–Trinajstić information content (AvgIpc) is 2.51. The summed E-state index contributed by atoms with van der Waals surface area (Å²) in [6.07, 6.45) is 4.92. The summed E-state index contributed by atoms with van der Waals surface area (Å²) in [6, 6.07) is 3.45. The van der Waals surface area contributed by atoms with Gasteiger partial charge in [-0.2, -0.15) is 0 Å². The Morgan fingerprint density at radius 3 is 2.38 bits per heavy atom. The van der Waals surface area contributed by atoms with E-state index in [0.717, 1.165) is 55.2 Å². The van der Waals surface area contributed by atoms with E-state index in [1.165, 1.54) is 0 Å². The molecule has 2 rings (SSSR count). The van der Waals surface area contributed by atoms with E-state index in [4.69, 9.17) is 0 Å². The van der Waals surface area contributed by atoms with Gasteiger partial charge in [-0.3, -0.25) is 0 Å². The molecule has 0 spiro atoms. The van der Waals surface area contributed by atoms with Crippen LogP contribution in [-0.4, -0.2) is 21.4 Å². The second-order valence-corrected chi connectivity index (χ2v) is 7.13. The number of hydrogen-bond donors (Lipinski definition) is 3. The Kier molecular flexibility index (Phi) is 6.11. The number of phenols is 2. The van der Waals surface area contributed by atoms with Crippen LogP contribution in [0.15, 0.2) is 36.4 Å². The molecule has 1 aliphatic carbocycles. The molecule has 0 aromatic heterocycles. The van der Waals surface area contributed by atoms with Gasteiger partial charge in [-0.05, 0) is 61.8 Å². The molecule has 24 heavy (non-hydrogen) atoms. The van der Waals surface area contributed by atoms with Crippen molar-refractivity contribution < 1.29 is 15.3 Å². The maximum atomic E-state index is 10.6. The van der Waals surface area contributed by atoms with Crippen LogP contribution in [0.3, 0.4) is 0 Å². The third-order valence-corrected chi connectivity index (χ3v) is 5.20. The number of aliphatic hydroxyl groups excluding tert-OH is 1. The number of aromatic hydroxyl groups is 2. The number of rotatable bonds is 6. The molecule has 0 aliphatic heterocycles. The first kappa shape index (κ1) is 18.6. The minimum atomic E-state index is -0.775. The molecule has 0 amide bonds. The van der Waals surface area contributed by atoms with Crippen LogP contribution in [0.1, 0.15) is 63.0 Å². The van der Waals surface area contributed by atoms with Gasteiger partial charge in [0, 0.05) is 11.5 Å². The number of phenolic OH excluding ortho intramolecular Hbond substituents is 2. The van der Waals surface area contributed by atoms with Crippen LogP contribution in [0.2, 0.25) is 0 Å². The first-order chi connectivity index (χ1) is 11.4. The Bertz CT molecular complexity index is 595. The van der Waals surface area contributed by atoms with Gasteiger partial charge in [-0.25, -0.2) is 0 Å². The van der Waals surface area contributed by atoms with Crippen molar-refractivity contribution in [2.75, 3.05) is 0 Å². The van der Waals surface area contributed by atoms with Crippen molar-refractivity contribution in [3.63, 3.8) is 0 Å². The lowest BCUT2D eigenvalue weighted by Crippen LogP contribution is -2.32. The smallest absolute Gasteiger partial charge is 0.123 e. The Balaban J connectivity index is 2.37. The maximum Gasteiger partial charge on any atom is 0.123 e. The lowest BCUT2D eigenvalue weighted by atomic mass is 9.69. The summed E-state index contributed by atoms with van der Waals surface area (Å²) in [5, 5.41) is 31.7. The minimum absolute atomic E-state index is 0.0215. The molecular formula is C21H30O3. The summed E-state index contributed by atoms with van der Waals surface area (Å²) < 4.78 is 0. The van der Waals surface area contributed by atoms with E-state index < -0.39 is 12.0 Å². The minimum Gasteiger partial charge on any atom is -0.508 e. The van der Waals surface area contributed by atoms with Gasteiger partial charge < -0.3 is 15.3 Å². The quantitative estimate of drug-likeness (QED) is 0.518. The van der Waals surface area contributed by atoms with E-state index >= 15 is 0 Å². The van der Waals surface area contributed by atoms with Crippen molar-refractivity contribution in [2.45, 2.75) is 64.4 Å². The average molecular weight is 330 g/mol. The topological polar surface area (TPSA) is 60.7 Å². The van der Waals surface area contributed by atoms with E-state index in [0.29, 0.717) is 5.56 Å². The number of unbranched alkanes of at least 4 members (excludes halogenated alkanes) is 2. The summed E-state index contributed by atoms with van der Waals surface area (Å²) in [5.41, 5.74) is 3.06. The van der Waals surface area contributed by atoms with Crippen LogP contribution in [0.5, 0.6) is 11.5 Å². The number of benzene rings is 1. The van der Waals surface area contributed by atoms with Gasteiger partial charge in [0.1, 0.15) is 11.5 Å². The molecule has 0 bridgehead atoms. The summed E-state index contributed by atoms with van der Waals surface area (Å²) in [5.74, 6) is -0.250. The third-order valence-electron chi connectivity index (χ3n) is 5.20. The Hall–Kier alpha value is -1.74. The first-order valence-corrected chi connectivity index (χ1v) is 8.92. The molecule has 3 heteroatoms. The standard InChI is InChI=1S/C21H30O3/c1-5-6-7-8-15-11-17(22)20(18(23)12-15)19-16(13(2)3)10-9-14(4)21(19)24/h11-12,16,19,21-24H,2,4-10H2,1,3H3/t16-,19+,21?/m0/s1. The van der Waals surface area contributed by atoms with Gasteiger partial charge in [-0.15, -0.1) is 0 Å². The Labute approximate surface area is 145 Å². The summed E-state index contributed by atoms with van der Waals surface area (Å²) in [6.45, 7) is 12.1. The number of aliphatic hydroxyl groups is 1. The highest BCUT2D eigenvalue weighted by atomic mass is 16.3. The molecule has 3 atom stereocenters. The van der Waals surface area contributed by atoms with Crippen LogP contribution in [0.4, 0.5) is 0 Å². The molecule has 3 N–H and O–H groups in total. The predicted molar refractivity (Wildman–Crippen MR) is 98.4 cm³/mol. The van der Waals surface area contributed by atoms with Crippen LogP contribution < -0.4 is 0 Å². The molecule has 3 nitrogen and oxygen atoms in total. The fourth-order valence-corrected chi connectivity index (χ4v) is 3.80. The predicted octanol–water partition coefficient (Wildman–Crippen LogP) is 4.82. The first-order valence-electron chi connectivity index (χ1n) is 8.92. The molecule has 0 saturated heterocycles. The molecular weight excluding hydrogens is 300 g/mol. The highest BCUT2D eigenvalue weighted by Gasteiger charge is 2.38. The van der Waals surface area contributed by atoms with E-state index in [-0.39, 0.29) is 17.4 Å². The summed E-state index contributed by atoms with van der Waals surface area (Å²) >= 11 is 0. The fraction of sp³-hybridized carbons (Fsp3) is 0.524. The van der Waals surface area contributed by atoms with E-state index in [1.807, 2.05) is 6.92 Å². The molecule has 132 valence electrons. The molecule has 1 aromatic carbocycles. The van der Waals surface area contributed by atoms with Crippen LogP contribution >= 0.6 is 0 Å². The monoisotopic (exact) mass is 330 g/mol. The van der Waals surface area contributed by atoms with Crippen molar-refractivity contribution in [3.05, 3.63) is 47.6 Å². The second kappa shape index (κ2) is 7.89. The molecule has 1 saturated carbocycles. The van der Waals surface area contributed by atoms with E-state index in [9.17, 15) is 15.3 Å². The molecule has 1 aromatic rings. The van der Waals surface area contributed by atoms with Gasteiger partial charge >= 0.3 is 0 Å². The van der Waals surface area contributed by atoms with Gasteiger partial charge in [0.25, 0.3) is 0 Å². The fourth-order valence-electron chi connectivity index (χ4n) is 3.80. The Morgan fingerprint density at radius 1 is 1.21 bits per heavy atom. The number of aryl methyl sites for hydroxylation is 1. The largest absolute Gasteiger partial charge is 0.508 e. The second-order valence-electron chi connectivity index (χ2n) is 7.13. The number of allylic oxidation sites excluding steroid dienone is 1. The third kappa shape index (κ3) is 3.84. The van der Waals surface area contributed by atoms with Gasteiger partial charge in [0.05, 0.1) is 6.10 Å². The van der Waals surface area contributed by atoms with Crippen molar-refractivity contribution in [3.8, 4) is 11.5 Å². The van der Waals surface area contributed by atoms with Gasteiger partial charge in [-0.1, -0.05) is 38.5 Å².